The van der Waals surface area contributed by atoms with Crippen LogP contribution < -0.4 is 4.74 Å². The molecule has 0 aliphatic heterocycles. The first-order chi connectivity index (χ1) is 8.29. The smallest absolute Gasteiger partial charge is 0.118 e. The van der Waals surface area contributed by atoms with Crippen molar-refractivity contribution in [2.75, 3.05) is 7.11 Å². The van der Waals surface area contributed by atoms with E-state index in [0.717, 1.165) is 21.9 Å². The van der Waals surface area contributed by atoms with Gasteiger partial charge in [0.1, 0.15) is 5.75 Å². The van der Waals surface area contributed by atoms with Crippen molar-refractivity contribution in [2.24, 2.45) is 0 Å². The van der Waals surface area contributed by atoms with E-state index >= 15 is 0 Å². The van der Waals surface area contributed by atoms with E-state index in [0.29, 0.717) is 0 Å². The van der Waals surface area contributed by atoms with Gasteiger partial charge in [0.2, 0.25) is 0 Å². The minimum Gasteiger partial charge on any atom is -0.497 e. The third-order valence-corrected chi connectivity index (χ3v) is 2.79. The second-order valence-corrected chi connectivity index (χ2v) is 4.04. The summed E-state index contributed by atoms with van der Waals surface area (Å²) < 4.78 is 5.10. The van der Waals surface area contributed by atoms with Gasteiger partial charge in [0, 0.05) is 5.03 Å². The fourth-order valence-electron chi connectivity index (χ4n) is 1.53. The molecule has 1 nitrogen and oxygen atoms in total. The Morgan fingerprint density at radius 1 is 1.00 bits per heavy atom. The van der Waals surface area contributed by atoms with Gasteiger partial charge >= 0.3 is 0 Å². The van der Waals surface area contributed by atoms with Gasteiger partial charge in [-0.1, -0.05) is 41.9 Å². The lowest BCUT2D eigenvalue weighted by atomic mass is 10.1. The summed E-state index contributed by atoms with van der Waals surface area (Å²) in [4.78, 5) is 0. The van der Waals surface area contributed by atoms with Gasteiger partial charge in [-0.05, 0) is 41.5 Å². The number of benzene rings is 2. The van der Waals surface area contributed by atoms with Crippen LogP contribution in [-0.2, 0) is 0 Å². The molecule has 2 heteroatoms. The van der Waals surface area contributed by atoms with Gasteiger partial charge in [0.25, 0.3) is 0 Å². The van der Waals surface area contributed by atoms with E-state index in [1.54, 1.807) is 7.11 Å². The van der Waals surface area contributed by atoms with E-state index in [1.165, 1.54) is 0 Å². The van der Waals surface area contributed by atoms with Gasteiger partial charge in [-0.15, -0.1) is 0 Å². The molecule has 0 aromatic heterocycles. The van der Waals surface area contributed by atoms with Gasteiger partial charge in [0.15, 0.2) is 0 Å². The second kappa shape index (κ2) is 5.55. The Hall–Kier alpha value is -1.73. The Morgan fingerprint density at radius 2 is 1.65 bits per heavy atom. The summed E-state index contributed by atoms with van der Waals surface area (Å²) in [6.45, 7) is 0. The van der Waals surface area contributed by atoms with Crippen LogP contribution in [0, 0.1) is 0 Å². The summed E-state index contributed by atoms with van der Waals surface area (Å²) in [5.74, 6) is 0.831. The molecule has 0 spiro atoms. The van der Waals surface area contributed by atoms with Crippen molar-refractivity contribution in [3.63, 3.8) is 0 Å². The summed E-state index contributed by atoms with van der Waals surface area (Å²) in [5.41, 5.74) is 2.07. The maximum atomic E-state index is 6.26. The van der Waals surface area contributed by atoms with Crippen LogP contribution in [0.15, 0.2) is 54.6 Å². The number of hydrogen-bond donors (Lipinski definition) is 0. The molecular weight excluding hydrogens is 232 g/mol. The van der Waals surface area contributed by atoms with Crippen molar-refractivity contribution in [1.82, 2.24) is 0 Å². The Kier molecular flexibility index (Phi) is 3.84. The molecule has 0 bridgehead atoms. The molecule has 0 amide bonds. The fourth-order valence-corrected chi connectivity index (χ4v) is 1.78. The highest BCUT2D eigenvalue weighted by molar-refractivity contribution is 6.51. The van der Waals surface area contributed by atoms with Gasteiger partial charge in [-0.25, -0.2) is 0 Å². The van der Waals surface area contributed by atoms with Crippen molar-refractivity contribution < 1.29 is 4.74 Å². The van der Waals surface area contributed by atoms with Crippen LogP contribution in [0.1, 0.15) is 11.1 Å². The van der Waals surface area contributed by atoms with Gasteiger partial charge in [-0.2, -0.15) is 0 Å². The lowest BCUT2D eigenvalue weighted by molar-refractivity contribution is 0.415. The van der Waals surface area contributed by atoms with Gasteiger partial charge in [-0.3, -0.25) is 0 Å². The van der Waals surface area contributed by atoms with Crippen molar-refractivity contribution >= 4 is 22.7 Å². The maximum absolute atomic E-state index is 6.26. The molecule has 0 fully saturated rings. The number of rotatable bonds is 3. The van der Waals surface area contributed by atoms with Gasteiger partial charge in [0.05, 0.1) is 7.11 Å². The number of hydrogen-bond acceptors (Lipinski definition) is 1. The summed E-state index contributed by atoms with van der Waals surface area (Å²) in [6, 6.07) is 17.7. The highest BCUT2D eigenvalue weighted by Crippen LogP contribution is 2.24. The van der Waals surface area contributed by atoms with Crippen LogP contribution >= 0.6 is 11.6 Å². The first kappa shape index (κ1) is 11.7. The zero-order valence-corrected chi connectivity index (χ0v) is 10.3. The number of halogens is 1. The van der Waals surface area contributed by atoms with Crippen LogP contribution in [0.5, 0.6) is 5.75 Å². The Balaban J connectivity index is 2.24. The zero-order valence-electron chi connectivity index (χ0n) is 9.56. The van der Waals surface area contributed by atoms with E-state index < -0.39 is 0 Å². The molecule has 0 heterocycles. The molecule has 2 aromatic rings. The third-order valence-electron chi connectivity index (χ3n) is 2.46. The molecular formula is C15H13ClO. The Morgan fingerprint density at radius 3 is 2.24 bits per heavy atom. The molecule has 0 aliphatic carbocycles. The highest BCUT2D eigenvalue weighted by Gasteiger charge is 1.99. The SMILES string of the molecule is COc1ccc(/C(Cl)=C/c2ccccc2)cc1. The summed E-state index contributed by atoms with van der Waals surface area (Å²) in [5, 5.41) is 0.721. The first-order valence-corrected chi connectivity index (χ1v) is 5.74. The summed E-state index contributed by atoms with van der Waals surface area (Å²) in [6.07, 6.45) is 1.95. The van der Waals surface area contributed by atoms with Crippen molar-refractivity contribution in [3.8, 4) is 5.75 Å². The molecule has 0 aliphatic rings. The highest BCUT2D eigenvalue weighted by atomic mass is 35.5. The average Bonchev–Trinajstić information content (AvgIpc) is 2.40. The molecule has 17 heavy (non-hydrogen) atoms. The summed E-state index contributed by atoms with van der Waals surface area (Å²) in [7, 11) is 1.65. The van der Waals surface area contributed by atoms with E-state index in [4.69, 9.17) is 16.3 Å². The first-order valence-electron chi connectivity index (χ1n) is 5.36. The minimum atomic E-state index is 0.721. The van der Waals surface area contributed by atoms with Crippen LogP contribution in [0.4, 0.5) is 0 Å². The van der Waals surface area contributed by atoms with Crippen LogP contribution in [-0.4, -0.2) is 7.11 Å². The molecule has 0 atom stereocenters. The van der Waals surface area contributed by atoms with Crippen molar-refractivity contribution in [2.45, 2.75) is 0 Å². The molecule has 0 saturated heterocycles. The molecule has 2 aromatic carbocycles. The second-order valence-electron chi connectivity index (χ2n) is 3.63. The predicted octanol–water partition coefficient (Wildman–Crippen LogP) is 4.43. The van der Waals surface area contributed by atoms with Crippen molar-refractivity contribution in [1.29, 1.82) is 0 Å². The molecule has 86 valence electrons. The van der Waals surface area contributed by atoms with E-state index in [-0.39, 0.29) is 0 Å². The zero-order chi connectivity index (χ0) is 12.1. The quantitative estimate of drug-likeness (QED) is 0.726. The third kappa shape index (κ3) is 3.11. The van der Waals surface area contributed by atoms with Crippen LogP contribution in [0.2, 0.25) is 0 Å². The predicted molar refractivity (Wildman–Crippen MR) is 73.2 cm³/mol. The monoisotopic (exact) mass is 244 g/mol. The number of methoxy groups -OCH3 is 1. The molecule has 0 radical (unpaired) electrons. The molecule has 0 saturated carbocycles. The van der Waals surface area contributed by atoms with Gasteiger partial charge < -0.3 is 4.74 Å². The number of ether oxygens (including phenoxy) is 1. The van der Waals surface area contributed by atoms with E-state index in [9.17, 15) is 0 Å². The topological polar surface area (TPSA) is 9.23 Å². The molecule has 0 unspecified atom stereocenters. The Bertz CT molecular complexity index is 500. The average molecular weight is 245 g/mol. The molecule has 0 N–H and O–H groups in total. The summed E-state index contributed by atoms with van der Waals surface area (Å²) >= 11 is 6.26. The van der Waals surface area contributed by atoms with Crippen LogP contribution in [0.3, 0.4) is 0 Å². The lowest BCUT2D eigenvalue weighted by Crippen LogP contribution is -1.83. The molecule has 2 rings (SSSR count). The maximum Gasteiger partial charge on any atom is 0.118 e. The van der Waals surface area contributed by atoms with Crippen molar-refractivity contribution in [3.05, 3.63) is 65.7 Å². The normalized spacial score (nSPS) is 11.3. The van der Waals surface area contributed by atoms with E-state index in [2.05, 4.69) is 0 Å². The Labute approximate surface area is 106 Å². The lowest BCUT2D eigenvalue weighted by Gasteiger charge is -2.02. The standard InChI is InChI=1S/C15H13ClO/c1-17-14-9-7-13(8-10-14)15(16)11-12-5-3-2-4-6-12/h2-11H,1H3/b15-11-. The van der Waals surface area contributed by atoms with Crippen LogP contribution in [0.25, 0.3) is 11.1 Å². The minimum absolute atomic E-state index is 0.721. The largest absolute Gasteiger partial charge is 0.497 e. The van der Waals surface area contributed by atoms with E-state index in [1.807, 2.05) is 60.7 Å². The fraction of sp³-hybridized carbons (Fsp3) is 0.0667.